The summed E-state index contributed by atoms with van der Waals surface area (Å²) in [5.41, 5.74) is 0.889. The first kappa shape index (κ1) is 8.69. The smallest absolute Gasteiger partial charge is 0.148 e. The Kier molecular flexibility index (Phi) is 2.78. The normalized spacial score (nSPS) is 12.1. The molecule has 0 heterocycles. The van der Waals surface area contributed by atoms with Crippen LogP contribution in [-0.4, -0.2) is 11.7 Å². The van der Waals surface area contributed by atoms with Gasteiger partial charge in [0.25, 0.3) is 0 Å². The van der Waals surface area contributed by atoms with Crippen LogP contribution in [0.2, 0.25) is 0 Å². The molecule has 0 saturated heterocycles. The van der Waals surface area contributed by atoms with Crippen molar-refractivity contribution < 1.29 is 9.50 Å². The van der Waals surface area contributed by atoms with Crippen LogP contribution in [0.4, 0.5) is 4.39 Å². The van der Waals surface area contributed by atoms with Crippen LogP contribution in [-0.2, 0) is 0 Å². The number of alkyl halides is 1. The van der Waals surface area contributed by atoms with Gasteiger partial charge in [0.15, 0.2) is 0 Å². The van der Waals surface area contributed by atoms with Crippen molar-refractivity contribution in [3.8, 4) is 6.07 Å². The molecule has 0 aliphatic carbocycles. The lowest BCUT2D eigenvalue weighted by Gasteiger charge is -2.03. The van der Waals surface area contributed by atoms with E-state index in [0.717, 1.165) is 0 Å². The maximum Gasteiger partial charge on any atom is 0.148 e. The maximum absolute atomic E-state index is 12.8. The van der Waals surface area contributed by atoms with Crippen molar-refractivity contribution >= 4 is 0 Å². The summed E-state index contributed by atoms with van der Waals surface area (Å²) in [6.45, 7) is -0.522. The number of aliphatic hydroxyl groups is 1. The number of hydrogen-bond acceptors (Lipinski definition) is 2. The third-order valence-corrected chi connectivity index (χ3v) is 1.56. The van der Waals surface area contributed by atoms with Crippen LogP contribution in [0.25, 0.3) is 0 Å². The summed E-state index contributed by atoms with van der Waals surface area (Å²) < 4.78 is 12.8. The average molecular weight is 165 g/mol. The Labute approximate surface area is 69.9 Å². The Morgan fingerprint density at radius 2 is 2.00 bits per heavy atom. The molecule has 1 rings (SSSR count). The number of nitrogens with zero attached hydrogens (tertiary/aromatic N) is 1. The van der Waals surface area contributed by atoms with Crippen molar-refractivity contribution in [2.24, 2.45) is 0 Å². The second kappa shape index (κ2) is 3.84. The van der Waals surface area contributed by atoms with Gasteiger partial charge in [-0.15, -0.1) is 0 Å². The molecule has 2 nitrogen and oxygen atoms in total. The van der Waals surface area contributed by atoms with Gasteiger partial charge in [-0.25, -0.2) is 4.39 Å². The van der Waals surface area contributed by atoms with Gasteiger partial charge in [0.05, 0.1) is 18.2 Å². The van der Waals surface area contributed by atoms with Gasteiger partial charge in [-0.05, 0) is 17.7 Å². The van der Waals surface area contributed by atoms with Crippen molar-refractivity contribution in [2.45, 2.75) is 6.17 Å². The van der Waals surface area contributed by atoms with Gasteiger partial charge >= 0.3 is 0 Å². The van der Waals surface area contributed by atoms with E-state index in [1.807, 2.05) is 6.07 Å². The third kappa shape index (κ3) is 1.80. The number of rotatable bonds is 2. The monoisotopic (exact) mass is 165 g/mol. The summed E-state index contributed by atoms with van der Waals surface area (Å²) in [4.78, 5) is 0. The van der Waals surface area contributed by atoms with E-state index in [1.165, 1.54) is 24.3 Å². The second-order valence-electron chi connectivity index (χ2n) is 2.38. The molecular weight excluding hydrogens is 157 g/mol. The minimum Gasteiger partial charge on any atom is -0.393 e. The van der Waals surface area contributed by atoms with E-state index in [4.69, 9.17) is 10.4 Å². The summed E-state index contributed by atoms with van der Waals surface area (Å²) in [5.74, 6) is 0. The molecule has 0 aromatic heterocycles. The average Bonchev–Trinajstić information content (AvgIpc) is 2.17. The summed E-state index contributed by atoms with van der Waals surface area (Å²) in [5, 5.41) is 16.9. The number of aliphatic hydroxyl groups excluding tert-OH is 1. The molecule has 0 aliphatic heterocycles. The Morgan fingerprint density at radius 1 is 1.42 bits per heavy atom. The number of halogens is 1. The molecule has 1 N–H and O–H groups in total. The van der Waals surface area contributed by atoms with E-state index >= 15 is 0 Å². The minimum absolute atomic E-state index is 0.400. The van der Waals surface area contributed by atoms with E-state index in [0.29, 0.717) is 11.1 Å². The van der Waals surface area contributed by atoms with Crippen molar-refractivity contribution in [3.63, 3.8) is 0 Å². The van der Waals surface area contributed by atoms with Crippen LogP contribution in [0, 0.1) is 11.3 Å². The predicted molar refractivity (Wildman–Crippen MR) is 42.1 cm³/mol. The summed E-state index contributed by atoms with van der Waals surface area (Å²) in [6, 6.07) is 7.98. The first-order chi connectivity index (χ1) is 5.77. The van der Waals surface area contributed by atoms with Crippen LogP contribution >= 0.6 is 0 Å². The fourth-order valence-electron chi connectivity index (χ4n) is 0.872. The zero-order valence-electron chi connectivity index (χ0n) is 6.37. The summed E-state index contributed by atoms with van der Waals surface area (Å²) >= 11 is 0. The molecule has 0 amide bonds. The molecule has 0 radical (unpaired) electrons. The fourth-order valence-corrected chi connectivity index (χ4v) is 0.872. The molecule has 0 spiro atoms. The number of nitriles is 1. The van der Waals surface area contributed by atoms with Gasteiger partial charge in [-0.3, -0.25) is 0 Å². The zero-order chi connectivity index (χ0) is 8.97. The van der Waals surface area contributed by atoms with Crippen LogP contribution < -0.4 is 0 Å². The minimum atomic E-state index is -1.35. The topological polar surface area (TPSA) is 44.0 Å². The first-order valence-electron chi connectivity index (χ1n) is 3.53. The highest BCUT2D eigenvalue weighted by Crippen LogP contribution is 2.16. The molecule has 0 aliphatic rings. The SMILES string of the molecule is N#Cc1ccc(C(F)CO)cc1. The van der Waals surface area contributed by atoms with Gasteiger partial charge in [-0.2, -0.15) is 5.26 Å². The third-order valence-electron chi connectivity index (χ3n) is 1.56. The van der Waals surface area contributed by atoms with Gasteiger partial charge in [0.1, 0.15) is 6.17 Å². The van der Waals surface area contributed by atoms with E-state index < -0.39 is 12.8 Å². The molecule has 1 unspecified atom stereocenters. The van der Waals surface area contributed by atoms with E-state index in [9.17, 15) is 4.39 Å². The van der Waals surface area contributed by atoms with Crippen LogP contribution in [0.5, 0.6) is 0 Å². The lowest BCUT2D eigenvalue weighted by atomic mass is 10.1. The van der Waals surface area contributed by atoms with Crippen LogP contribution in [0.1, 0.15) is 17.3 Å². The van der Waals surface area contributed by atoms with Crippen molar-refractivity contribution in [1.29, 1.82) is 5.26 Å². The maximum atomic E-state index is 12.8. The lowest BCUT2D eigenvalue weighted by molar-refractivity contribution is 0.180. The van der Waals surface area contributed by atoms with Gasteiger partial charge in [0, 0.05) is 0 Å². The summed E-state index contributed by atoms with van der Waals surface area (Å²) in [6.07, 6.45) is -1.35. The highest BCUT2D eigenvalue weighted by atomic mass is 19.1. The molecule has 0 bridgehead atoms. The van der Waals surface area contributed by atoms with Gasteiger partial charge in [-0.1, -0.05) is 12.1 Å². The molecule has 0 saturated carbocycles. The molecule has 1 aromatic rings. The molecular formula is C9H8FNO. The highest BCUT2D eigenvalue weighted by molar-refractivity contribution is 5.32. The van der Waals surface area contributed by atoms with Crippen molar-refractivity contribution in [3.05, 3.63) is 35.4 Å². The van der Waals surface area contributed by atoms with Crippen LogP contribution in [0.3, 0.4) is 0 Å². The second-order valence-corrected chi connectivity index (χ2v) is 2.38. The van der Waals surface area contributed by atoms with Gasteiger partial charge in [0.2, 0.25) is 0 Å². The number of hydrogen-bond donors (Lipinski definition) is 1. The highest BCUT2D eigenvalue weighted by Gasteiger charge is 2.06. The molecule has 1 aromatic carbocycles. The first-order valence-corrected chi connectivity index (χ1v) is 3.53. The predicted octanol–water partition coefficient (Wildman–Crippen LogP) is 1.56. The van der Waals surface area contributed by atoms with Crippen molar-refractivity contribution in [2.75, 3.05) is 6.61 Å². The lowest BCUT2D eigenvalue weighted by Crippen LogP contribution is -1.96. The molecule has 0 fully saturated rings. The largest absolute Gasteiger partial charge is 0.393 e. The Balaban J connectivity index is 2.86. The molecule has 1 atom stereocenters. The molecule has 12 heavy (non-hydrogen) atoms. The molecule has 62 valence electrons. The van der Waals surface area contributed by atoms with E-state index in [-0.39, 0.29) is 0 Å². The zero-order valence-corrected chi connectivity index (χ0v) is 6.37. The van der Waals surface area contributed by atoms with E-state index in [2.05, 4.69) is 0 Å². The Bertz CT molecular complexity index is 288. The standard InChI is InChI=1S/C9H8FNO/c10-9(6-12)8-3-1-7(5-11)2-4-8/h1-4,9,12H,6H2. The van der Waals surface area contributed by atoms with Gasteiger partial charge < -0.3 is 5.11 Å². The molecule has 3 heteroatoms. The number of benzene rings is 1. The van der Waals surface area contributed by atoms with Crippen LogP contribution in [0.15, 0.2) is 24.3 Å². The fraction of sp³-hybridized carbons (Fsp3) is 0.222. The van der Waals surface area contributed by atoms with E-state index in [1.54, 1.807) is 0 Å². The van der Waals surface area contributed by atoms with Crippen molar-refractivity contribution in [1.82, 2.24) is 0 Å². The quantitative estimate of drug-likeness (QED) is 0.722. The summed E-state index contributed by atoms with van der Waals surface area (Å²) in [7, 11) is 0. The Hall–Kier alpha value is -1.40. The Morgan fingerprint density at radius 3 is 2.42 bits per heavy atom.